The first-order chi connectivity index (χ1) is 10.9. The highest BCUT2D eigenvalue weighted by molar-refractivity contribution is 7.86. The van der Waals surface area contributed by atoms with Crippen molar-refractivity contribution in [2.24, 2.45) is 5.84 Å². The Labute approximate surface area is 133 Å². The molecule has 0 aromatic heterocycles. The largest absolute Gasteiger partial charge is 0.506 e. The zero-order chi connectivity index (χ0) is 16.9. The lowest BCUT2D eigenvalue weighted by molar-refractivity contribution is 0.445. The van der Waals surface area contributed by atoms with Crippen LogP contribution in [0, 0.1) is 0 Å². The number of phenolic OH excluding ortho intramolecular Hbond substituents is 1. The molecule has 3 aromatic carbocycles. The van der Waals surface area contributed by atoms with Crippen LogP contribution in [0.4, 0.5) is 5.69 Å². The molecule has 0 atom stereocenters. The predicted molar refractivity (Wildman–Crippen MR) is 89.7 cm³/mol. The Morgan fingerprint density at radius 3 is 2.04 bits per heavy atom. The first kappa shape index (κ1) is 16.8. The standard InChI is InChI=1S/C10H8O4S.C6H8N2/c11-9-6-5-7-3-1-2-4-8(7)10(9)15(12,13)14;7-8-6-4-2-1-3-5-6/h1-6,11H,(H,12,13,14);1-5,8H,7H2. The van der Waals surface area contributed by atoms with Crippen LogP contribution in [0.3, 0.4) is 0 Å². The third-order valence-corrected chi connectivity index (χ3v) is 4.00. The monoisotopic (exact) mass is 332 g/mol. The molecule has 0 saturated heterocycles. The Morgan fingerprint density at radius 2 is 1.48 bits per heavy atom. The van der Waals surface area contributed by atoms with Gasteiger partial charge in [0.15, 0.2) is 0 Å². The molecular formula is C16H16N2O4S. The van der Waals surface area contributed by atoms with Gasteiger partial charge in [0.2, 0.25) is 0 Å². The minimum absolute atomic E-state index is 0.306. The third kappa shape index (κ3) is 4.19. The van der Waals surface area contributed by atoms with Crippen LogP contribution in [0.25, 0.3) is 10.8 Å². The normalized spacial score (nSPS) is 10.7. The number of rotatable bonds is 2. The van der Waals surface area contributed by atoms with Gasteiger partial charge in [0.05, 0.1) is 0 Å². The average Bonchev–Trinajstić information content (AvgIpc) is 2.55. The molecule has 3 aromatic rings. The number of hydrogen-bond donors (Lipinski definition) is 4. The molecule has 0 fully saturated rings. The minimum atomic E-state index is -4.41. The van der Waals surface area contributed by atoms with E-state index in [1.165, 1.54) is 12.1 Å². The van der Waals surface area contributed by atoms with E-state index >= 15 is 0 Å². The van der Waals surface area contributed by atoms with Gasteiger partial charge < -0.3 is 10.5 Å². The van der Waals surface area contributed by atoms with E-state index in [0.29, 0.717) is 10.8 Å². The topological polar surface area (TPSA) is 113 Å². The molecule has 0 bridgehead atoms. The first-order valence-electron chi connectivity index (χ1n) is 6.63. The van der Waals surface area contributed by atoms with Gasteiger partial charge in [0.25, 0.3) is 10.1 Å². The van der Waals surface area contributed by atoms with Gasteiger partial charge in [-0.25, -0.2) is 0 Å². The summed E-state index contributed by atoms with van der Waals surface area (Å²) in [7, 11) is -4.41. The van der Waals surface area contributed by atoms with E-state index in [9.17, 15) is 13.5 Å². The summed E-state index contributed by atoms with van der Waals surface area (Å²) in [5, 5.41) is 10.4. The highest BCUT2D eigenvalue weighted by Gasteiger charge is 2.18. The highest BCUT2D eigenvalue weighted by Crippen LogP contribution is 2.30. The number of nitrogen functional groups attached to an aromatic ring is 1. The number of hydrogen-bond acceptors (Lipinski definition) is 5. The number of nitrogens with two attached hydrogens (primary N) is 1. The number of para-hydroxylation sites is 1. The molecular weight excluding hydrogens is 316 g/mol. The fraction of sp³-hybridized carbons (Fsp3) is 0. The summed E-state index contributed by atoms with van der Waals surface area (Å²) in [6.45, 7) is 0. The van der Waals surface area contributed by atoms with E-state index in [0.717, 1.165) is 5.69 Å². The second kappa shape index (κ2) is 7.10. The van der Waals surface area contributed by atoms with Crippen LogP contribution in [0.5, 0.6) is 5.75 Å². The summed E-state index contributed by atoms with van der Waals surface area (Å²) < 4.78 is 31.1. The number of phenols is 1. The lowest BCUT2D eigenvalue weighted by atomic mass is 10.1. The molecule has 0 aliphatic rings. The molecule has 120 valence electrons. The lowest BCUT2D eigenvalue weighted by Crippen LogP contribution is -2.05. The Morgan fingerprint density at radius 1 is 0.870 bits per heavy atom. The summed E-state index contributed by atoms with van der Waals surface area (Å²) in [6, 6.07) is 19.0. The molecule has 0 amide bonds. The Bertz CT molecular complexity index is 896. The summed E-state index contributed by atoms with van der Waals surface area (Å²) in [6.07, 6.45) is 0. The van der Waals surface area contributed by atoms with Gasteiger partial charge in [-0.15, -0.1) is 0 Å². The maximum Gasteiger partial charge on any atom is 0.298 e. The van der Waals surface area contributed by atoms with E-state index in [-0.39, 0.29) is 0 Å². The third-order valence-electron chi connectivity index (χ3n) is 3.06. The molecule has 0 aliphatic heterocycles. The summed E-state index contributed by atoms with van der Waals surface area (Å²) in [5.74, 6) is 4.65. The second-order valence-corrected chi connectivity index (χ2v) is 5.98. The van der Waals surface area contributed by atoms with Crippen molar-refractivity contribution in [2.75, 3.05) is 5.43 Å². The number of anilines is 1. The van der Waals surface area contributed by atoms with Gasteiger partial charge in [-0.05, 0) is 23.6 Å². The van der Waals surface area contributed by atoms with Crippen molar-refractivity contribution >= 4 is 26.6 Å². The van der Waals surface area contributed by atoms with Gasteiger partial charge in [0.1, 0.15) is 10.6 Å². The van der Waals surface area contributed by atoms with Crippen LogP contribution in [0.15, 0.2) is 71.6 Å². The van der Waals surface area contributed by atoms with Crippen molar-refractivity contribution in [1.29, 1.82) is 0 Å². The molecule has 3 rings (SSSR count). The maximum absolute atomic E-state index is 11.1. The first-order valence-corrected chi connectivity index (χ1v) is 8.07. The van der Waals surface area contributed by atoms with Crippen molar-refractivity contribution in [2.45, 2.75) is 4.90 Å². The zero-order valence-electron chi connectivity index (χ0n) is 12.0. The number of aromatic hydroxyl groups is 1. The molecule has 7 heteroatoms. The molecule has 23 heavy (non-hydrogen) atoms. The molecule has 0 heterocycles. The average molecular weight is 332 g/mol. The van der Waals surface area contributed by atoms with Gasteiger partial charge in [-0.3, -0.25) is 10.4 Å². The highest BCUT2D eigenvalue weighted by atomic mass is 32.2. The molecule has 6 nitrogen and oxygen atoms in total. The SMILES string of the molecule is NNc1ccccc1.O=S(=O)(O)c1c(O)ccc2ccccc12. The molecule has 5 N–H and O–H groups in total. The van der Waals surface area contributed by atoms with Crippen molar-refractivity contribution < 1.29 is 18.1 Å². The van der Waals surface area contributed by atoms with E-state index in [2.05, 4.69) is 5.43 Å². The number of benzene rings is 3. The summed E-state index contributed by atoms with van der Waals surface area (Å²) in [4.78, 5) is -0.444. The van der Waals surface area contributed by atoms with Crippen LogP contribution in [-0.4, -0.2) is 18.1 Å². The van der Waals surface area contributed by atoms with Gasteiger partial charge in [-0.2, -0.15) is 8.42 Å². The van der Waals surface area contributed by atoms with Crippen LogP contribution < -0.4 is 11.3 Å². The lowest BCUT2D eigenvalue weighted by Gasteiger charge is -2.05. The quantitative estimate of drug-likeness (QED) is 0.326. The van der Waals surface area contributed by atoms with E-state index in [1.807, 2.05) is 30.3 Å². The fourth-order valence-electron chi connectivity index (χ4n) is 2.04. The molecule has 0 unspecified atom stereocenters. The van der Waals surface area contributed by atoms with Crippen molar-refractivity contribution in [3.63, 3.8) is 0 Å². The predicted octanol–water partition coefficient (Wildman–Crippen LogP) is 2.76. The summed E-state index contributed by atoms with van der Waals surface area (Å²) in [5.41, 5.74) is 3.46. The molecule has 0 radical (unpaired) electrons. The van der Waals surface area contributed by atoms with E-state index < -0.39 is 20.8 Å². The van der Waals surface area contributed by atoms with Crippen molar-refractivity contribution in [1.82, 2.24) is 0 Å². The van der Waals surface area contributed by atoms with Crippen LogP contribution in [0.2, 0.25) is 0 Å². The number of fused-ring (bicyclic) bond motifs is 1. The Hall–Kier alpha value is -2.61. The number of nitrogens with one attached hydrogen (secondary N) is 1. The van der Waals surface area contributed by atoms with Gasteiger partial charge in [0, 0.05) is 11.1 Å². The van der Waals surface area contributed by atoms with Crippen LogP contribution in [-0.2, 0) is 10.1 Å². The van der Waals surface area contributed by atoms with Crippen LogP contribution in [0.1, 0.15) is 0 Å². The smallest absolute Gasteiger partial charge is 0.298 e. The van der Waals surface area contributed by atoms with Crippen molar-refractivity contribution in [3.05, 3.63) is 66.7 Å². The van der Waals surface area contributed by atoms with Crippen LogP contribution >= 0.6 is 0 Å². The molecule has 0 spiro atoms. The number of hydrazine groups is 1. The molecule has 0 saturated carbocycles. The Balaban J connectivity index is 0.000000203. The van der Waals surface area contributed by atoms with E-state index in [4.69, 9.17) is 10.4 Å². The van der Waals surface area contributed by atoms with Crippen molar-refractivity contribution in [3.8, 4) is 5.75 Å². The molecule has 0 aliphatic carbocycles. The minimum Gasteiger partial charge on any atom is -0.506 e. The second-order valence-electron chi connectivity index (χ2n) is 4.62. The van der Waals surface area contributed by atoms with E-state index in [1.54, 1.807) is 24.3 Å². The Kier molecular flexibility index (Phi) is 5.17. The summed E-state index contributed by atoms with van der Waals surface area (Å²) >= 11 is 0. The maximum atomic E-state index is 11.1. The fourth-order valence-corrected chi connectivity index (χ4v) is 2.83. The van der Waals surface area contributed by atoms with Gasteiger partial charge >= 0.3 is 0 Å². The zero-order valence-corrected chi connectivity index (χ0v) is 12.9. The van der Waals surface area contributed by atoms with Gasteiger partial charge in [-0.1, -0.05) is 48.5 Å².